The van der Waals surface area contributed by atoms with Gasteiger partial charge in [0, 0.05) is 19.6 Å². The highest BCUT2D eigenvalue weighted by molar-refractivity contribution is 5.81. The van der Waals surface area contributed by atoms with Crippen LogP contribution in [0.5, 0.6) is 0 Å². The van der Waals surface area contributed by atoms with E-state index < -0.39 is 0 Å². The monoisotopic (exact) mass is 262 g/mol. The lowest BCUT2D eigenvalue weighted by atomic mass is 10.1. The minimum Gasteiger partial charge on any atom is -0.366 e. The maximum absolute atomic E-state index is 11.8. The molecule has 1 aliphatic rings. The van der Waals surface area contributed by atoms with E-state index >= 15 is 0 Å². The van der Waals surface area contributed by atoms with Gasteiger partial charge in [0.25, 0.3) is 0 Å². The zero-order chi connectivity index (χ0) is 13.5. The van der Waals surface area contributed by atoms with Crippen molar-refractivity contribution >= 4 is 5.91 Å². The predicted octanol–water partition coefficient (Wildman–Crippen LogP) is 0.896. The molecule has 1 saturated heterocycles. The zero-order valence-corrected chi connectivity index (χ0v) is 11.4. The van der Waals surface area contributed by atoms with Gasteiger partial charge >= 0.3 is 0 Å². The Morgan fingerprint density at radius 1 is 1.37 bits per heavy atom. The van der Waals surface area contributed by atoms with Crippen molar-refractivity contribution in [3.8, 4) is 0 Å². The number of rotatable bonds is 5. The van der Waals surface area contributed by atoms with Gasteiger partial charge < -0.3 is 15.4 Å². The molecule has 1 aromatic rings. The van der Waals surface area contributed by atoms with E-state index in [1.807, 2.05) is 0 Å². The van der Waals surface area contributed by atoms with Crippen molar-refractivity contribution in [2.24, 2.45) is 0 Å². The molecule has 2 N–H and O–H groups in total. The first-order valence-corrected chi connectivity index (χ1v) is 6.97. The fourth-order valence-corrected chi connectivity index (χ4v) is 2.12. The molecule has 0 bridgehead atoms. The first-order valence-electron chi connectivity index (χ1n) is 6.97. The van der Waals surface area contributed by atoms with E-state index in [0.29, 0.717) is 19.7 Å². The third-order valence-electron chi connectivity index (χ3n) is 3.36. The average molecular weight is 262 g/mol. The summed E-state index contributed by atoms with van der Waals surface area (Å²) in [7, 11) is 0. The largest absolute Gasteiger partial charge is 0.366 e. The normalized spacial score (nSPS) is 19.1. The van der Waals surface area contributed by atoms with Crippen LogP contribution in [0.4, 0.5) is 0 Å². The van der Waals surface area contributed by atoms with Crippen LogP contribution in [0.2, 0.25) is 0 Å². The summed E-state index contributed by atoms with van der Waals surface area (Å²) in [5, 5.41) is 6.08. The number of carbonyl (C=O) groups excluding carboxylic acids is 1. The van der Waals surface area contributed by atoms with Crippen molar-refractivity contribution in [1.29, 1.82) is 0 Å². The van der Waals surface area contributed by atoms with Crippen molar-refractivity contribution in [1.82, 2.24) is 10.6 Å². The van der Waals surface area contributed by atoms with Gasteiger partial charge in [0.05, 0.1) is 6.61 Å². The fraction of sp³-hybridized carbons (Fsp3) is 0.533. The number of nitrogens with one attached hydrogen (secondary N) is 2. The molecule has 1 heterocycles. The SMILES string of the molecule is CCc1ccc(CCNC(=O)C2CNCCO2)cc1. The summed E-state index contributed by atoms with van der Waals surface area (Å²) in [5.41, 5.74) is 2.59. The topological polar surface area (TPSA) is 50.4 Å². The molecule has 1 fully saturated rings. The van der Waals surface area contributed by atoms with Crippen LogP contribution in [0.3, 0.4) is 0 Å². The number of carbonyl (C=O) groups is 1. The molecule has 19 heavy (non-hydrogen) atoms. The van der Waals surface area contributed by atoms with E-state index in [1.165, 1.54) is 11.1 Å². The molecule has 4 nitrogen and oxygen atoms in total. The molecular weight excluding hydrogens is 240 g/mol. The molecule has 4 heteroatoms. The maximum atomic E-state index is 11.8. The number of ether oxygens (including phenoxy) is 1. The van der Waals surface area contributed by atoms with Crippen LogP contribution in [0.25, 0.3) is 0 Å². The molecule has 1 aliphatic heterocycles. The molecule has 0 aliphatic carbocycles. The summed E-state index contributed by atoms with van der Waals surface area (Å²) in [4.78, 5) is 11.8. The van der Waals surface area contributed by atoms with Gasteiger partial charge in [-0.3, -0.25) is 4.79 Å². The summed E-state index contributed by atoms with van der Waals surface area (Å²) in [6.07, 6.45) is 1.58. The molecule has 1 atom stereocenters. The number of aryl methyl sites for hydroxylation is 1. The Bertz CT molecular complexity index is 397. The van der Waals surface area contributed by atoms with Crippen molar-refractivity contribution in [2.75, 3.05) is 26.2 Å². The highest BCUT2D eigenvalue weighted by atomic mass is 16.5. The third-order valence-corrected chi connectivity index (χ3v) is 3.36. The van der Waals surface area contributed by atoms with Gasteiger partial charge in [-0.05, 0) is 24.0 Å². The smallest absolute Gasteiger partial charge is 0.250 e. The second-order valence-corrected chi connectivity index (χ2v) is 4.77. The van der Waals surface area contributed by atoms with E-state index in [4.69, 9.17) is 4.74 Å². The fourth-order valence-electron chi connectivity index (χ4n) is 2.12. The standard InChI is InChI=1S/C15H22N2O2/c1-2-12-3-5-13(6-4-12)7-8-17-15(18)14-11-16-9-10-19-14/h3-6,14,16H,2,7-11H2,1H3,(H,17,18). The Hall–Kier alpha value is -1.39. The van der Waals surface area contributed by atoms with Crippen molar-refractivity contribution in [2.45, 2.75) is 25.9 Å². The Balaban J connectivity index is 1.71. The van der Waals surface area contributed by atoms with Crippen LogP contribution >= 0.6 is 0 Å². The Kier molecular flexibility index (Phi) is 5.36. The second-order valence-electron chi connectivity index (χ2n) is 4.77. The molecular formula is C15H22N2O2. The van der Waals surface area contributed by atoms with Crippen LogP contribution < -0.4 is 10.6 Å². The number of hydrogen-bond acceptors (Lipinski definition) is 3. The minimum atomic E-state index is -0.337. The molecule has 1 amide bonds. The van der Waals surface area contributed by atoms with Crippen molar-refractivity contribution in [3.63, 3.8) is 0 Å². The second kappa shape index (κ2) is 7.26. The van der Waals surface area contributed by atoms with Crippen molar-refractivity contribution in [3.05, 3.63) is 35.4 Å². The minimum absolute atomic E-state index is 0.0163. The molecule has 0 saturated carbocycles. The van der Waals surface area contributed by atoms with Gasteiger partial charge in [-0.15, -0.1) is 0 Å². The van der Waals surface area contributed by atoms with Crippen LogP contribution in [-0.4, -0.2) is 38.3 Å². The van der Waals surface area contributed by atoms with E-state index in [1.54, 1.807) is 0 Å². The molecule has 2 rings (SSSR count). The predicted molar refractivity (Wildman–Crippen MR) is 75.1 cm³/mol. The molecule has 104 valence electrons. The molecule has 0 radical (unpaired) electrons. The Labute approximate surface area is 114 Å². The summed E-state index contributed by atoms with van der Waals surface area (Å²) in [6.45, 7) is 4.85. The van der Waals surface area contributed by atoms with Gasteiger partial charge in [0.15, 0.2) is 0 Å². The summed E-state index contributed by atoms with van der Waals surface area (Å²) < 4.78 is 5.40. The van der Waals surface area contributed by atoms with Gasteiger partial charge in [0.1, 0.15) is 6.10 Å². The number of hydrogen-bond donors (Lipinski definition) is 2. The van der Waals surface area contributed by atoms with E-state index in [0.717, 1.165) is 19.4 Å². The summed E-state index contributed by atoms with van der Waals surface area (Å²) in [5.74, 6) is -0.0163. The lowest BCUT2D eigenvalue weighted by Crippen LogP contribution is -2.48. The van der Waals surface area contributed by atoms with Crippen LogP contribution in [0.15, 0.2) is 24.3 Å². The summed E-state index contributed by atoms with van der Waals surface area (Å²) in [6, 6.07) is 8.55. The number of amides is 1. The highest BCUT2D eigenvalue weighted by Crippen LogP contribution is 2.05. The van der Waals surface area contributed by atoms with Gasteiger partial charge in [-0.2, -0.15) is 0 Å². The van der Waals surface area contributed by atoms with Gasteiger partial charge in [-0.25, -0.2) is 0 Å². The third kappa shape index (κ3) is 4.33. The van der Waals surface area contributed by atoms with E-state index in [2.05, 4.69) is 41.8 Å². The zero-order valence-electron chi connectivity index (χ0n) is 11.4. The highest BCUT2D eigenvalue weighted by Gasteiger charge is 2.20. The lowest BCUT2D eigenvalue weighted by Gasteiger charge is -2.22. The van der Waals surface area contributed by atoms with Crippen molar-refractivity contribution < 1.29 is 9.53 Å². The maximum Gasteiger partial charge on any atom is 0.250 e. The summed E-state index contributed by atoms with van der Waals surface area (Å²) >= 11 is 0. The Morgan fingerprint density at radius 2 is 2.11 bits per heavy atom. The quantitative estimate of drug-likeness (QED) is 0.829. The lowest BCUT2D eigenvalue weighted by molar-refractivity contribution is -0.134. The van der Waals surface area contributed by atoms with E-state index in [9.17, 15) is 4.79 Å². The van der Waals surface area contributed by atoms with Crippen LogP contribution in [-0.2, 0) is 22.4 Å². The molecule has 1 aromatic carbocycles. The van der Waals surface area contributed by atoms with Crippen LogP contribution in [0.1, 0.15) is 18.1 Å². The first-order chi connectivity index (χ1) is 9.29. The van der Waals surface area contributed by atoms with Gasteiger partial charge in [-0.1, -0.05) is 31.2 Å². The van der Waals surface area contributed by atoms with Gasteiger partial charge in [0.2, 0.25) is 5.91 Å². The van der Waals surface area contributed by atoms with E-state index in [-0.39, 0.29) is 12.0 Å². The average Bonchev–Trinajstić information content (AvgIpc) is 2.49. The van der Waals surface area contributed by atoms with Crippen LogP contribution in [0, 0.1) is 0 Å². The number of morpholine rings is 1. The molecule has 0 spiro atoms. The first kappa shape index (κ1) is 14.0. The Morgan fingerprint density at radius 3 is 2.74 bits per heavy atom. The number of benzene rings is 1. The molecule has 1 unspecified atom stereocenters. The molecule has 0 aromatic heterocycles.